The molecule has 2 aromatic rings. The summed E-state index contributed by atoms with van der Waals surface area (Å²) in [7, 11) is 0. The molecular formula is C29H36N2O6. The topological polar surface area (TPSA) is 95.8 Å². The van der Waals surface area contributed by atoms with Gasteiger partial charge < -0.3 is 18.9 Å². The van der Waals surface area contributed by atoms with Gasteiger partial charge in [0.1, 0.15) is 17.6 Å². The van der Waals surface area contributed by atoms with Gasteiger partial charge in [0, 0.05) is 0 Å². The van der Waals surface area contributed by atoms with E-state index in [2.05, 4.69) is 23.4 Å². The highest BCUT2D eigenvalue weighted by atomic mass is 16.7. The molecule has 0 heterocycles. The van der Waals surface area contributed by atoms with Crippen LogP contribution in [0.1, 0.15) is 51.9 Å². The molecule has 0 amide bonds. The summed E-state index contributed by atoms with van der Waals surface area (Å²) >= 11 is 0. The highest BCUT2D eigenvalue weighted by molar-refractivity contribution is 5.77. The molecule has 8 nitrogen and oxygen atoms in total. The van der Waals surface area contributed by atoms with Crippen LogP contribution in [0.25, 0.3) is 0 Å². The third kappa shape index (κ3) is 12.5. The molecule has 0 saturated heterocycles. The minimum Gasteiger partial charge on any atom is -0.494 e. The predicted molar refractivity (Wildman–Crippen MR) is 142 cm³/mol. The van der Waals surface area contributed by atoms with E-state index in [1.54, 1.807) is 30.3 Å². The highest BCUT2D eigenvalue weighted by Crippen LogP contribution is 2.23. The second-order valence-corrected chi connectivity index (χ2v) is 8.10. The van der Waals surface area contributed by atoms with E-state index in [-0.39, 0.29) is 25.7 Å². The SMILES string of the molecule is C=CCCCC(CCC=C)OC(=O)CCC(=O)OCOc1ccc(N=Nc2ccc(OCC)cc2)cc1. The monoisotopic (exact) mass is 508 g/mol. The number of unbranched alkanes of at least 4 members (excludes halogenated alkanes) is 1. The summed E-state index contributed by atoms with van der Waals surface area (Å²) in [4.78, 5) is 24.1. The van der Waals surface area contributed by atoms with Crippen molar-refractivity contribution in [3.05, 3.63) is 73.8 Å². The largest absolute Gasteiger partial charge is 0.494 e. The van der Waals surface area contributed by atoms with Gasteiger partial charge in [-0.2, -0.15) is 10.2 Å². The molecule has 0 aliphatic carbocycles. The molecule has 0 aliphatic heterocycles. The lowest BCUT2D eigenvalue weighted by Gasteiger charge is -2.17. The number of esters is 2. The Hall–Kier alpha value is -3.94. The summed E-state index contributed by atoms with van der Waals surface area (Å²) in [6, 6.07) is 14.2. The van der Waals surface area contributed by atoms with E-state index in [1.165, 1.54) is 0 Å². The molecule has 0 bridgehead atoms. The van der Waals surface area contributed by atoms with Gasteiger partial charge >= 0.3 is 11.9 Å². The van der Waals surface area contributed by atoms with E-state index in [1.807, 2.05) is 37.3 Å². The molecule has 0 aliphatic rings. The molecule has 0 radical (unpaired) electrons. The van der Waals surface area contributed by atoms with Crippen LogP contribution < -0.4 is 9.47 Å². The molecule has 2 aromatic carbocycles. The molecule has 37 heavy (non-hydrogen) atoms. The van der Waals surface area contributed by atoms with Crippen molar-refractivity contribution in [2.45, 2.75) is 58.0 Å². The van der Waals surface area contributed by atoms with Crippen molar-refractivity contribution in [2.24, 2.45) is 10.2 Å². The van der Waals surface area contributed by atoms with Gasteiger partial charge in [-0.3, -0.25) is 9.59 Å². The standard InChI is InChI=1S/C29H36N2O6/c1-4-7-9-11-27(10-8-5-2)37-29(33)21-20-28(32)36-22-35-26-18-14-24(15-19-26)31-30-23-12-16-25(17-13-23)34-6-3/h4-5,12-19,27H,1-2,6-11,20-22H2,3H3. The van der Waals surface area contributed by atoms with Crippen LogP contribution >= 0.6 is 0 Å². The number of carbonyl (C=O) groups is 2. The molecule has 0 aromatic heterocycles. The van der Waals surface area contributed by atoms with Crippen LogP contribution in [0, 0.1) is 0 Å². The smallest absolute Gasteiger partial charge is 0.309 e. The first-order valence-electron chi connectivity index (χ1n) is 12.5. The second kappa shape index (κ2) is 17.5. The van der Waals surface area contributed by atoms with Crippen molar-refractivity contribution in [3.8, 4) is 11.5 Å². The Bertz CT molecular complexity index is 1000. The van der Waals surface area contributed by atoms with Crippen molar-refractivity contribution >= 4 is 23.3 Å². The average molecular weight is 509 g/mol. The maximum atomic E-state index is 12.1. The first-order valence-corrected chi connectivity index (χ1v) is 12.5. The number of ether oxygens (including phenoxy) is 4. The number of nitrogens with zero attached hydrogens (tertiary/aromatic N) is 2. The summed E-state index contributed by atoms with van der Waals surface area (Å²) in [6.45, 7) is 9.69. The Morgan fingerprint density at radius 3 is 1.95 bits per heavy atom. The van der Waals surface area contributed by atoms with Gasteiger partial charge in [-0.25, -0.2) is 0 Å². The molecule has 0 spiro atoms. The van der Waals surface area contributed by atoms with Gasteiger partial charge in [-0.05, 0) is 87.6 Å². The Morgan fingerprint density at radius 2 is 1.38 bits per heavy atom. The first kappa shape index (κ1) is 29.3. The van der Waals surface area contributed by atoms with E-state index in [0.29, 0.717) is 30.2 Å². The molecule has 198 valence electrons. The summed E-state index contributed by atoms with van der Waals surface area (Å²) < 4.78 is 21.4. The number of azo groups is 1. The molecule has 1 unspecified atom stereocenters. The van der Waals surface area contributed by atoms with Crippen LogP contribution in [0.15, 0.2) is 84.1 Å². The zero-order valence-electron chi connectivity index (χ0n) is 21.5. The molecule has 2 rings (SSSR count). The van der Waals surface area contributed by atoms with Crippen LogP contribution in [-0.4, -0.2) is 31.4 Å². The van der Waals surface area contributed by atoms with Crippen molar-refractivity contribution < 1.29 is 28.5 Å². The Balaban J connectivity index is 1.68. The van der Waals surface area contributed by atoms with Gasteiger partial charge in [0.15, 0.2) is 0 Å². The Kier molecular flexibility index (Phi) is 13.8. The summed E-state index contributed by atoms with van der Waals surface area (Å²) in [5.41, 5.74) is 1.35. The minimum absolute atomic E-state index is 0.0427. The number of hydrogen-bond acceptors (Lipinski definition) is 8. The van der Waals surface area contributed by atoms with E-state index < -0.39 is 11.9 Å². The third-order valence-corrected chi connectivity index (χ3v) is 5.17. The van der Waals surface area contributed by atoms with Gasteiger partial charge in [-0.1, -0.05) is 12.2 Å². The Labute approximate surface area is 219 Å². The van der Waals surface area contributed by atoms with Crippen LogP contribution in [0.5, 0.6) is 11.5 Å². The lowest BCUT2D eigenvalue weighted by Crippen LogP contribution is -2.19. The molecule has 1 atom stereocenters. The van der Waals surface area contributed by atoms with Crippen molar-refractivity contribution in [1.82, 2.24) is 0 Å². The highest BCUT2D eigenvalue weighted by Gasteiger charge is 2.15. The van der Waals surface area contributed by atoms with Crippen LogP contribution in [-0.2, 0) is 19.1 Å². The zero-order chi connectivity index (χ0) is 26.7. The normalized spacial score (nSPS) is 11.5. The Morgan fingerprint density at radius 1 is 0.811 bits per heavy atom. The maximum Gasteiger partial charge on any atom is 0.309 e. The fraction of sp³-hybridized carbons (Fsp3) is 0.379. The van der Waals surface area contributed by atoms with Crippen LogP contribution in [0.3, 0.4) is 0 Å². The zero-order valence-corrected chi connectivity index (χ0v) is 21.5. The maximum absolute atomic E-state index is 12.1. The molecule has 0 N–H and O–H groups in total. The van der Waals surface area contributed by atoms with Crippen molar-refractivity contribution in [3.63, 3.8) is 0 Å². The van der Waals surface area contributed by atoms with E-state index in [0.717, 1.165) is 31.4 Å². The number of benzene rings is 2. The lowest BCUT2D eigenvalue weighted by atomic mass is 10.1. The fourth-order valence-corrected chi connectivity index (χ4v) is 3.24. The molecule has 8 heteroatoms. The fourth-order valence-electron chi connectivity index (χ4n) is 3.24. The molecular weight excluding hydrogens is 472 g/mol. The van der Waals surface area contributed by atoms with Gasteiger partial charge in [0.25, 0.3) is 0 Å². The minimum atomic E-state index is -0.535. The van der Waals surface area contributed by atoms with Crippen LogP contribution in [0.4, 0.5) is 11.4 Å². The second-order valence-electron chi connectivity index (χ2n) is 8.10. The summed E-state index contributed by atoms with van der Waals surface area (Å²) in [5.74, 6) is 0.343. The van der Waals surface area contributed by atoms with E-state index >= 15 is 0 Å². The quantitative estimate of drug-likeness (QED) is 0.0684. The van der Waals surface area contributed by atoms with Gasteiger partial charge in [0.2, 0.25) is 6.79 Å². The number of allylic oxidation sites excluding steroid dienone is 2. The number of carbonyl (C=O) groups excluding carboxylic acids is 2. The van der Waals surface area contributed by atoms with Crippen molar-refractivity contribution in [2.75, 3.05) is 13.4 Å². The van der Waals surface area contributed by atoms with Crippen molar-refractivity contribution in [1.29, 1.82) is 0 Å². The third-order valence-electron chi connectivity index (χ3n) is 5.17. The van der Waals surface area contributed by atoms with Gasteiger partial charge in [0.05, 0.1) is 30.8 Å². The van der Waals surface area contributed by atoms with E-state index in [9.17, 15) is 9.59 Å². The number of rotatable bonds is 18. The molecule has 0 fully saturated rings. The molecule has 0 saturated carbocycles. The van der Waals surface area contributed by atoms with Gasteiger partial charge in [-0.15, -0.1) is 13.2 Å². The average Bonchev–Trinajstić information content (AvgIpc) is 2.91. The predicted octanol–water partition coefficient (Wildman–Crippen LogP) is 7.39. The number of hydrogen-bond donors (Lipinski definition) is 0. The summed E-state index contributed by atoms with van der Waals surface area (Å²) in [5, 5.41) is 8.38. The van der Waals surface area contributed by atoms with E-state index in [4.69, 9.17) is 18.9 Å². The first-order chi connectivity index (χ1) is 18.0. The lowest BCUT2D eigenvalue weighted by molar-refractivity contribution is -0.157. The summed E-state index contributed by atoms with van der Waals surface area (Å²) in [6.07, 6.45) is 7.33. The van der Waals surface area contributed by atoms with Crippen LogP contribution in [0.2, 0.25) is 0 Å².